The summed E-state index contributed by atoms with van der Waals surface area (Å²) in [7, 11) is 0. The first-order chi connectivity index (χ1) is 13.1. The average molecular weight is 377 g/mol. The van der Waals surface area contributed by atoms with Crippen LogP contribution in [0.15, 0.2) is 29.2 Å². The molecule has 1 aromatic heterocycles. The molecule has 8 heteroatoms. The van der Waals surface area contributed by atoms with Gasteiger partial charge in [0.25, 0.3) is 0 Å². The smallest absolute Gasteiger partial charge is 0.316 e. The number of anilines is 1. The number of halogens is 2. The van der Waals surface area contributed by atoms with Gasteiger partial charge >= 0.3 is 5.56 Å². The van der Waals surface area contributed by atoms with Gasteiger partial charge in [-0.15, -0.1) is 0 Å². The SMILES string of the molecule is O=c1c(OC2CCCC2)c(N2CC[NH2+]CC2)cnn1-c1cc(F)cc(F)c1. The highest BCUT2D eigenvalue weighted by molar-refractivity contribution is 5.57. The lowest BCUT2D eigenvalue weighted by molar-refractivity contribution is -0.655. The zero-order valence-corrected chi connectivity index (χ0v) is 15.0. The summed E-state index contributed by atoms with van der Waals surface area (Å²) in [5, 5.41) is 6.40. The Morgan fingerprint density at radius 2 is 1.74 bits per heavy atom. The number of ether oxygens (including phenoxy) is 1. The summed E-state index contributed by atoms with van der Waals surface area (Å²) in [6.45, 7) is 3.45. The van der Waals surface area contributed by atoms with Crippen LogP contribution in [-0.2, 0) is 0 Å². The molecule has 2 N–H and O–H groups in total. The highest BCUT2D eigenvalue weighted by Gasteiger charge is 2.26. The van der Waals surface area contributed by atoms with Crippen LogP contribution in [-0.4, -0.2) is 42.1 Å². The molecular formula is C19H23F2N4O2+. The van der Waals surface area contributed by atoms with Gasteiger partial charge < -0.3 is 15.0 Å². The van der Waals surface area contributed by atoms with Crippen LogP contribution in [0.4, 0.5) is 14.5 Å². The van der Waals surface area contributed by atoms with Crippen molar-refractivity contribution in [3.8, 4) is 11.4 Å². The molecule has 1 saturated heterocycles. The molecular weight excluding hydrogens is 354 g/mol. The molecule has 2 aromatic rings. The van der Waals surface area contributed by atoms with E-state index in [1.807, 2.05) is 0 Å². The highest BCUT2D eigenvalue weighted by Crippen LogP contribution is 2.29. The van der Waals surface area contributed by atoms with Gasteiger partial charge in [-0.25, -0.2) is 8.78 Å². The first-order valence-corrected chi connectivity index (χ1v) is 9.44. The van der Waals surface area contributed by atoms with Crippen LogP contribution in [0, 0.1) is 11.6 Å². The molecule has 1 aliphatic heterocycles. The van der Waals surface area contributed by atoms with Gasteiger partial charge in [0.15, 0.2) is 0 Å². The molecule has 0 amide bonds. The standard InChI is InChI=1S/C19H22F2N4O2/c20-13-9-14(21)11-15(10-13)25-19(26)18(27-16-3-1-2-4-16)17(12-23-25)24-7-5-22-6-8-24/h9-12,16,22H,1-8H2/p+1. The minimum absolute atomic E-state index is 0.00658. The molecule has 0 radical (unpaired) electrons. The van der Waals surface area contributed by atoms with E-state index in [9.17, 15) is 13.6 Å². The number of benzene rings is 1. The van der Waals surface area contributed by atoms with Crippen molar-refractivity contribution >= 4 is 5.69 Å². The second-order valence-electron chi connectivity index (χ2n) is 7.08. The number of hydrogen-bond acceptors (Lipinski definition) is 4. The minimum atomic E-state index is -0.757. The van der Waals surface area contributed by atoms with Crippen molar-refractivity contribution in [3.63, 3.8) is 0 Å². The molecule has 4 rings (SSSR count). The van der Waals surface area contributed by atoms with E-state index in [1.54, 1.807) is 6.20 Å². The lowest BCUT2D eigenvalue weighted by atomic mass is 10.2. The van der Waals surface area contributed by atoms with Crippen molar-refractivity contribution < 1.29 is 18.8 Å². The number of quaternary nitrogens is 1. The van der Waals surface area contributed by atoms with Crippen molar-refractivity contribution in [2.45, 2.75) is 31.8 Å². The number of rotatable bonds is 4. The summed E-state index contributed by atoms with van der Waals surface area (Å²) >= 11 is 0. The van der Waals surface area contributed by atoms with Crippen molar-refractivity contribution in [1.29, 1.82) is 0 Å². The maximum atomic E-state index is 13.6. The maximum Gasteiger partial charge on any atom is 0.316 e. The van der Waals surface area contributed by atoms with Crippen LogP contribution in [0.2, 0.25) is 0 Å². The van der Waals surface area contributed by atoms with Gasteiger partial charge in [0.05, 0.1) is 44.2 Å². The summed E-state index contributed by atoms with van der Waals surface area (Å²) in [6.07, 6.45) is 5.53. The van der Waals surface area contributed by atoms with Gasteiger partial charge in [-0.3, -0.25) is 4.79 Å². The molecule has 1 saturated carbocycles. The molecule has 2 heterocycles. The Labute approximate surface area is 155 Å². The largest absolute Gasteiger partial charge is 0.483 e. The molecule has 144 valence electrons. The Morgan fingerprint density at radius 1 is 1.07 bits per heavy atom. The number of hydrogen-bond donors (Lipinski definition) is 1. The molecule has 2 aliphatic rings. The summed E-state index contributed by atoms with van der Waals surface area (Å²) in [5.74, 6) is -1.29. The molecule has 6 nitrogen and oxygen atoms in total. The highest BCUT2D eigenvalue weighted by atomic mass is 19.1. The van der Waals surface area contributed by atoms with Crippen LogP contribution in [0.1, 0.15) is 25.7 Å². The summed E-state index contributed by atoms with van der Waals surface area (Å²) in [5.41, 5.74) is 0.222. The first-order valence-electron chi connectivity index (χ1n) is 9.44. The predicted molar refractivity (Wildman–Crippen MR) is 96.5 cm³/mol. The number of piperazine rings is 1. The van der Waals surface area contributed by atoms with Crippen molar-refractivity contribution in [2.24, 2.45) is 0 Å². The molecule has 0 bridgehead atoms. The molecule has 0 unspecified atom stereocenters. The van der Waals surface area contributed by atoms with Gasteiger partial charge in [-0.1, -0.05) is 0 Å². The lowest BCUT2D eigenvalue weighted by Crippen LogP contribution is -2.89. The van der Waals surface area contributed by atoms with E-state index in [0.29, 0.717) is 5.69 Å². The average Bonchev–Trinajstić information content (AvgIpc) is 3.16. The summed E-state index contributed by atoms with van der Waals surface area (Å²) in [4.78, 5) is 15.2. The maximum absolute atomic E-state index is 13.6. The Morgan fingerprint density at radius 3 is 2.41 bits per heavy atom. The fourth-order valence-electron chi connectivity index (χ4n) is 3.77. The van der Waals surface area contributed by atoms with E-state index < -0.39 is 17.2 Å². The zero-order valence-electron chi connectivity index (χ0n) is 15.0. The fourth-order valence-corrected chi connectivity index (χ4v) is 3.77. The Hall–Kier alpha value is -2.48. The third kappa shape index (κ3) is 3.80. The number of aromatic nitrogens is 2. The van der Waals surface area contributed by atoms with Crippen molar-refractivity contribution in [2.75, 3.05) is 31.1 Å². The number of nitrogens with zero attached hydrogens (tertiary/aromatic N) is 3. The minimum Gasteiger partial charge on any atom is -0.483 e. The molecule has 0 atom stereocenters. The lowest BCUT2D eigenvalue weighted by Gasteiger charge is -2.29. The van der Waals surface area contributed by atoms with Crippen molar-refractivity contribution in [1.82, 2.24) is 9.78 Å². The second kappa shape index (κ2) is 7.64. The van der Waals surface area contributed by atoms with Gasteiger partial charge in [-0.05, 0) is 37.8 Å². The third-order valence-electron chi connectivity index (χ3n) is 5.14. The molecule has 1 aromatic carbocycles. The van der Waals surface area contributed by atoms with E-state index in [1.165, 1.54) is 0 Å². The molecule has 2 fully saturated rings. The van der Waals surface area contributed by atoms with Crippen LogP contribution in [0.25, 0.3) is 5.69 Å². The van der Waals surface area contributed by atoms with Gasteiger partial charge in [-0.2, -0.15) is 9.78 Å². The second-order valence-corrected chi connectivity index (χ2v) is 7.08. The Bertz CT molecular complexity index is 854. The normalized spacial score (nSPS) is 18.1. The predicted octanol–water partition coefficient (Wildman–Crippen LogP) is 1.22. The summed E-state index contributed by atoms with van der Waals surface area (Å²) in [6, 6.07) is 2.95. The topological polar surface area (TPSA) is 64.0 Å². The fraction of sp³-hybridized carbons (Fsp3) is 0.474. The van der Waals surface area contributed by atoms with Gasteiger partial charge in [0.1, 0.15) is 17.3 Å². The Kier molecular flexibility index (Phi) is 5.07. The molecule has 27 heavy (non-hydrogen) atoms. The monoisotopic (exact) mass is 377 g/mol. The van der Waals surface area contributed by atoms with E-state index >= 15 is 0 Å². The van der Waals surface area contributed by atoms with Crippen molar-refractivity contribution in [3.05, 3.63) is 46.4 Å². The van der Waals surface area contributed by atoms with Gasteiger partial charge in [0.2, 0.25) is 5.75 Å². The first kappa shape index (κ1) is 17.9. The molecule has 0 spiro atoms. The Balaban J connectivity index is 1.78. The van der Waals surface area contributed by atoms with Crippen LogP contribution in [0.3, 0.4) is 0 Å². The van der Waals surface area contributed by atoms with E-state index in [4.69, 9.17) is 4.74 Å². The van der Waals surface area contributed by atoms with Crippen LogP contribution in [0.5, 0.6) is 5.75 Å². The van der Waals surface area contributed by atoms with Crippen LogP contribution >= 0.6 is 0 Å². The number of nitrogens with two attached hydrogens (primary N) is 1. The quantitative estimate of drug-likeness (QED) is 0.870. The van der Waals surface area contributed by atoms with Crippen LogP contribution < -0.4 is 20.5 Å². The van der Waals surface area contributed by atoms with E-state index in [0.717, 1.165) is 74.7 Å². The summed E-state index contributed by atoms with van der Waals surface area (Å²) < 4.78 is 34.3. The van der Waals surface area contributed by atoms with E-state index in [2.05, 4.69) is 15.3 Å². The third-order valence-corrected chi connectivity index (χ3v) is 5.14. The van der Waals surface area contributed by atoms with Gasteiger partial charge in [0, 0.05) is 6.07 Å². The molecule has 1 aliphatic carbocycles. The van der Waals surface area contributed by atoms with E-state index in [-0.39, 0.29) is 17.5 Å². The zero-order chi connectivity index (χ0) is 18.8.